The van der Waals surface area contributed by atoms with Crippen molar-refractivity contribution in [2.45, 2.75) is 25.4 Å². The van der Waals surface area contributed by atoms with E-state index >= 15 is 0 Å². The fourth-order valence-corrected chi connectivity index (χ4v) is 3.67. The van der Waals surface area contributed by atoms with Crippen LogP contribution in [0.1, 0.15) is 30.0 Å². The van der Waals surface area contributed by atoms with Crippen molar-refractivity contribution in [2.75, 3.05) is 25.9 Å². The fourth-order valence-electron chi connectivity index (χ4n) is 3.49. The van der Waals surface area contributed by atoms with Gasteiger partial charge in [-0.3, -0.25) is 4.79 Å². The molecule has 0 spiro atoms. The number of anilines is 1. The number of nitrogens with two attached hydrogens (primary N) is 1. The van der Waals surface area contributed by atoms with Gasteiger partial charge in [0, 0.05) is 29.4 Å². The zero-order valence-corrected chi connectivity index (χ0v) is 17.0. The van der Waals surface area contributed by atoms with Crippen molar-refractivity contribution in [3.63, 3.8) is 0 Å². The van der Waals surface area contributed by atoms with E-state index in [1.807, 2.05) is 24.3 Å². The van der Waals surface area contributed by atoms with E-state index in [9.17, 15) is 9.59 Å². The normalized spacial score (nSPS) is 15.8. The molecule has 1 saturated heterocycles. The Bertz CT molecular complexity index is 873. The van der Waals surface area contributed by atoms with Gasteiger partial charge in [0.25, 0.3) is 0 Å². The zero-order valence-electron chi connectivity index (χ0n) is 16.3. The van der Waals surface area contributed by atoms with Crippen molar-refractivity contribution in [1.29, 1.82) is 0 Å². The van der Waals surface area contributed by atoms with E-state index in [-0.39, 0.29) is 18.5 Å². The molecule has 0 aromatic heterocycles. The number of rotatable bonds is 6. The Morgan fingerprint density at radius 1 is 1.21 bits per heavy atom. The second-order valence-electron chi connectivity index (χ2n) is 6.91. The van der Waals surface area contributed by atoms with E-state index in [2.05, 4.69) is 10.6 Å². The van der Waals surface area contributed by atoms with Crippen molar-refractivity contribution in [3.05, 3.63) is 58.6 Å². The Morgan fingerprint density at radius 3 is 2.69 bits per heavy atom. The average Bonchev–Trinajstić information content (AvgIpc) is 3.21. The lowest BCUT2D eigenvalue weighted by Gasteiger charge is -2.26. The van der Waals surface area contributed by atoms with Crippen LogP contribution in [0, 0.1) is 0 Å². The molecular formula is C21H25ClN4O3. The molecule has 0 aliphatic carbocycles. The summed E-state index contributed by atoms with van der Waals surface area (Å²) in [5.41, 5.74) is 8.12. The number of nitrogens with zero attached hydrogens (tertiary/aromatic N) is 1. The van der Waals surface area contributed by atoms with Gasteiger partial charge in [-0.15, -0.1) is 0 Å². The molecule has 1 unspecified atom stereocenters. The van der Waals surface area contributed by atoms with Crippen LogP contribution in [0.5, 0.6) is 5.75 Å². The molecule has 1 aliphatic heterocycles. The minimum Gasteiger partial charge on any atom is -0.496 e. The van der Waals surface area contributed by atoms with E-state index in [0.717, 1.165) is 24.0 Å². The van der Waals surface area contributed by atoms with E-state index in [0.29, 0.717) is 29.5 Å². The number of benzene rings is 2. The zero-order chi connectivity index (χ0) is 20.8. The van der Waals surface area contributed by atoms with Gasteiger partial charge in [-0.05, 0) is 48.7 Å². The Balaban J connectivity index is 1.55. The minimum atomic E-state index is -0.397. The summed E-state index contributed by atoms with van der Waals surface area (Å²) < 4.78 is 5.44. The molecule has 3 amide bonds. The van der Waals surface area contributed by atoms with Crippen molar-refractivity contribution in [1.82, 2.24) is 15.5 Å². The Labute approximate surface area is 175 Å². The summed E-state index contributed by atoms with van der Waals surface area (Å²) in [6.45, 7) is 0.910. The van der Waals surface area contributed by atoms with Crippen LogP contribution in [0.25, 0.3) is 0 Å². The molecule has 154 valence electrons. The first-order valence-corrected chi connectivity index (χ1v) is 9.84. The minimum absolute atomic E-state index is 0.0764. The van der Waals surface area contributed by atoms with Gasteiger partial charge in [0.15, 0.2) is 0 Å². The monoisotopic (exact) mass is 416 g/mol. The molecule has 0 radical (unpaired) electrons. The maximum atomic E-state index is 12.7. The quantitative estimate of drug-likeness (QED) is 0.630. The maximum Gasteiger partial charge on any atom is 0.315 e. The standard InChI is InChI=1S/C21H25ClN4O3/c1-29-19-9-6-15(22)11-17(19)18-3-2-10-26(18)20(27)13-25-21(28)24-12-14-4-7-16(23)8-5-14/h4-9,11,18H,2-3,10,12-13,23H2,1H3,(H2,24,25,28). The summed E-state index contributed by atoms with van der Waals surface area (Å²) in [4.78, 5) is 26.5. The molecule has 0 saturated carbocycles. The van der Waals surface area contributed by atoms with Gasteiger partial charge < -0.3 is 26.0 Å². The largest absolute Gasteiger partial charge is 0.496 e. The summed E-state index contributed by atoms with van der Waals surface area (Å²) in [6.07, 6.45) is 1.71. The van der Waals surface area contributed by atoms with Crippen LogP contribution in [-0.4, -0.2) is 37.0 Å². The van der Waals surface area contributed by atoms with Crippen LogP contribution in [-0.2, 0) is 11.3 Å². The predicted octanol–water partition coefficient (Wildman–Crippen LogP) is 3.09. The molecular weight excluding hydrogens is 392 g/mol. The smallest absolute Gasteiger partial charge is 0.315 e. The molecule has 4 N–H and O–H groups in total. The SMILES string of the molecule is COc1ccc(Cl)cc1C1CCCN1C(=O)CNC(=O)NCc1ccc(N)cc1. The van der Waals surface area contributed by atoms with Gasteiger partial charge in [0.1, 0.15) is 5.75 Å². The van der Waals surface area contributed by atoms with E-state index in [1.54, 1.807) is 30.2 Å². The molecule has 1 heterocycles. The third-order valence-electron chi connectivity index (χ3n) is 4.96. The van der Waals surface area contributed by atoms with Crippen LogP contribution in [0.4, 0.5) is 10.5 Å². The number of likely N-dealkylation sites (tertiary alicyclic amines) is 1. The lowest BCUT2D eigenvalue weighted by molar-refractivity contribution is -0.131. The summed E-state index contributed by atoms with van der Waals surface area (Å²) in [5, 5.41) is 5.96. The number of urea groups is 1. The number of amides is 3. The van der Waals surface area contributed by atoms with Crippen molar-refractivity contribution >= 4 is 29.2 Å². The third kappa shape index (κ3) is 5.32. The van der Waals surface area contributed by atoms with E-state index < -0.39 is 6.03 Å². The van der Waals surface area contributed by atoms with Gasteiger partial charge in [-0.25, -0.2) is 4.79 Å². The summed E-state index contributed by atoms with van der Waals surface area (Å²) in [5.74, 6) is 0.561. The van der Waals surface area contributed by atoms with Crippen molar-refractivity contribution in [2.24, 2.45) is 0 Å². The number of hydrogen-bond donors (Lipinski definition) is 3. The molecule has 2 aromatic rings. The fraction of sp³-hybridized carbons (Fsp3) is 0.333. The number of hydrogen-bond acceptors (Lipinski definition) is 4. The molecule has 7 nitrogen and oxygen atoms in total. The molecule has 1 fully saturated rings. The van der Waals surface area contributed by atoms with Gasteiger partial charge in [0.2, 0.25) is 5.91 Å². The first-order chi connectivity index (χ1) is 14.0. The summed E-state index contributed by atoms with van der Waals surface area (Å²) >= 11 is 6.14. The molecule has 3 rings (SSSR count). The average molecular weight is 417 g/mol. The van der Waals surface area contributed by atoms with Crippen LogP contribution < -0.4 is 21.1 Å². The maximum absolute atomic E-state index is 12.7. The lowest BCUT2D eigenvalue weighted by atomic mass is 10.0. The molecule has 1 atom stereocenters. The molecule has 8 heteroatoms. The number of methoxy groups -OCH3 is 1. The Kier molecular flexibility index (Phi) is 6.82. The number of nitrogen functional groups attached to an aromatic ring is 1. The number of nitrogens with one attached hydrogen (secondary N) is 2. The highest BCUT2D eigenvalue weighted by atomic mass is 35.5. The van der Waals surface area contributed by atoms with Gasteiger partial charge >= 0.3 is 6.03 Å². The van der Waals surface area contributed by atoms with Crippen LogP contribution in [0.2, 0.25) is 5.02 Å². The number of carbonyl (C=O) groups excluding carboxylic acids is 2. The van der Waals surface area contributed by atoms with E-state index in [1.165, 1.54) is 0 Å². The first-order valence-electron chi connectivity index (χ1n) is 9.47. The van der Waals surface area contributed by atoms with Gasteiger partial charge in [-0.1, -0.05) is 23.7 Å². The van der Waals surface area contributed by atoms with Gasteiger partial charge in [0.05, 0.1) is 19.7 Å². The molecule has 0 bridgehead atoms. The topological polar surface area (TPSA) is 96.7 Å². The van der Waals surface area contributed by atoms with E-state index in [4.69, 9.17) is 22.1 Å². The van der Waals surface area contributed by atoms with Crippen LogP contribution in [0.3, 0.4) is 0 Å². The number of ether oxygens (including phenoxy) is 1. The highest BCUT2D eigenvalue weighted by molar-refractivity contribution is 6.30. The molecule has 2 aromatic carbocycles. The summed E-state index contributed by atoms with van der Waals surface area (Å²) in [6, 6.07) is 12.1. The Morgan fingerprint density at radius 2 is 1.97 bits per heavy atom. The third-order valence-corrected chi connectivity index (χ3v) is 5.19. The number of carbonyl (C=O) groups is 2. The van der Waals surface area contributed by atoms with Crippen molar-refractivity contribution < 1.29 is 14.3 Å². The predicted molar refractivity (Wildman–Crippen MR) is 113 cm³/mol. The first kappa shape index (κ1) is 20.8. The Hall–Kier alpha value is -2.93. The number of halogens is 1. The second kappa shape index (κ2) is 9.52. The van der Waals surface area contributed by atoms with Gasteiger partial charge in [-0.2, -0.15) is 0 Å². The molecule has 29 heavy (non-hydrogen) atoms. The van der Waals surface area contributed by atoms with Crippen molar-refractivity contribution in [3.8, 4) is 5.75 Å². The molecule has 1 aliphatic rings. The second-order valence-corrected chi connectivity index (χ2v) is 7.35. The van der Waals surface area contributed by atoms with Crippen LogP contribution >= 0.6 is 11.6 Å². The highest BCUT2D eigenvalue weighted by Crippen LogP contribution is 2.38. The van der Waals surface area contributed by atoms with Crippen LogP contribution in [0.15, 0.2) is 42.5 Å². The summed E-state index contributed by atoms with van der Waals surface area (Å²) in [7, 11) is 1.60. The highest BCUT2D eigenvalue weighted by Gasteiger charge is 2.32. The lowest BCUT2D eigenvalue weighted by Crippen LogP contribution is -2.43.